The molecule has 0 saturated carbocycles. The maximum Gasteiger partial charge on any atom is 0.397 e. The van der Waals surface area contributed by atoms with E-state index in [1.54, 1.807) is 60.7 Å². The molecule has 0 aliphatic carbocycles. The van der Waals surface area contributed by atoms with Crippen LogP contribution in [-0.4, -0.2) is 48.2 Å². The first-order valence-electron chi connectivity index (χ1n) is 11.6. The summed E-state index contributed by atoms with van der Waals surface area (Å²) < 4.78 is 69.2. The molecule has 1 aliphatic rings. The van der Waals surface area contributed by atoms with Gasteiger partial charge in [0, 0.05) is 54.1 Å². The Hall–Kier alpha value is -3.90. The highest BCUT2D eigenvalue weighted by molar-refractivity contribution is 7.88. The largest absolute Gasteiger partial charge is 0.397 e. The van der Waals surface area contributed by atoms with Crippen molar-refractivity contribution in [2.75, 3.05) is 6.54 Å². The number of aryl methyl sites for hydroxylation is 1. The van der Waals surface area contributed by atoms with Crippen LogP contribution in [0.5, 0.6) is 0 Å². The maximum atomic E-state index is 13.5. The van der Waals surface area contributed by atoms with E-state index < -0.39 is 40.5 Å². The van der Waals surface area contributed by atoms with E-state index >= 15 is 0 Å². The van der Waals surface area contributed by atoms with Crippen molar-refractivity contribution in [3.63, 3.8) is 0 Å². The van der Waals surface area contributed by atoms with E-state index in [1.165, 1.54) is 18.4 Å². The molecule has 2 aromatic carbocycles. The molecular weight excluding hydrogens is 519 g/mol. The van der Waals surface area contributed by atoms with Gasteiger partial charge in [0.25, 0.3) is 0 Å². The number of nitrogens with one attached hydrogen (secondary N) is 1. The van der Waals surface area contributed by atoms with Gasteiger partial charge in [0.1, 0.15) is 0 Å². The summed E-state index contributed by atoms with van der Waals surface area (Å²) in [7, 11) is -2.24. The van der Waals surface area contributed by atoms with E-state index in [1.807, 2.05) is 0 Å². The summed E-state index contributed by atoms with van der Waals surface area (Å²) in [5.41, 5.74) is 1.98. The number of halogens is 3. The van der Waals surface area contributed by atoms with Gasteiger partial charge in [-0.3, -0.25) is 19.5 Å². The second kappa shape index (κ2) is 9.76. The Balaban J connectivity index is 1.44. The van der Waals surface area contributed by atoms with E-state index in [9.17, 15) is 26.4 Å². The maximum absolute atomic E-state index is 13.5. The van der Waals surface area contributed by atoms with Crippen LogP contribution in [0, 0.1) is 5.92 Å². The van der Waals surface area contributed by atoms with Crippen molar-refractivity contribution in [1.82, 2.24) is 19.5 Å². The number of nitrogens with zero attached hydrogens (tertiary/aromatic N) is 4. The molecule has 2 unspecified atom stereocenters. The lowest BCUT2D eigenvalue weighted by Crippen LogP contribution is -2.41. The quantitative estimate of drug-likeness (QED) is 0.400. The number of aliphatic imine (C=N–C) groups is 1. The monoisotopic (exact) mass is 541 g/mol. The Morgan fingerprint density at radius 1 is 1.05 bits per heavy atom. The number of fused-ring (bicyclic) bond motifs is 2. The average Bonchev–Trinajstić information content (AvgIpc) is 3.26. The number of dihydropyridines is 1. The predicted molar refractivity (Wildman–Crippen MR) is 139 cm³/mol. The summed E-state index contributed by atoms with van der Waals surface area (Å²) in [6, 6.07) is 8.58. The number of allylic oxidation sites excluding steroid dienone is 1. The van der Waals surface area contributed by atoms with Crippen molar-refractivity contribution in [1.29, 1.82) is 0 Å². The van der Waals surface area contributed by atoms with Crippen molar-refractivity contribution >= 4 is 37.9 Å². The van der Waals surface area contributed by atoms with Crippen LogP contribution in [0.2, 0.25) is 0 Å². The molecule has 0 spiro atoms. The lowest BCUT2D eigenvalue weighted by molar-refractivity contribution is -0.165. The molecule has 2 atom stereocenters. The van der Waals surface area contributed by atoms with Crippen molar-refractivity contribution in [2.45, 2.75) is 18.0 Å². The van der Waals surface area contributed by atoms with Crippen LogP contribution in [0.4, 0.5) is 13.2 Å². The molecular formula is C26H22F3N5O3S. The van der Waals surface area contributed by atoms with E-state index in [0.717, 1.165) is 11.6 Å². The average molecular weight is 542 g/mol. The Morgan fingerprint density at radius 2 is 1.84 bits per heavy atom. The summed E-state index contributed by atoms with van der Waals surface area (Å²) >= 11 is 0. The third kappa shape index (κ3) is 5.36. The highest BCUT2D eigenvalue weighted by atomic mass is 32.2. The molecule has 196 valence electrons. The molecule has 0 radical (unpaired) electrons. The summed E-state index contributed by atoms with van der Waals surface area (Å²) in [4.78, 5) is 21.7. The van der Waals surface area contributed by atoms with Gasteiger partial charge in [-0.2, -0.15) is 18.3 Å². The number of alkyl halides is 3. The molecule has 1 N–H and O–H groups in total. The number of hydrogen-bond acceptors (Lipinski definition) is 6. The van der Waals surface area contributed by atoms with Crippen molar-refractivity contribution in [3.8, 4) is 11.1 Å². The normalized spacial score (nSPS) is 17.9. The molecule has 12 heteroatoms. The van der Waals surface area contributed by atoms with E-state index in [2.05, 4.69) is 19.8 Å². The fourth-order valence-electron chi connectivity index (χ4n) is 4.41. The molecule has 0 amide bonds. The summed E-state index contributed by atoms with van der Waals surface area (Å²) in [6.07, 6.45) is 3.95. The van der Waals surface area contributed by atoms with E-state index in [4.69, 9.17) is 0 Å². The predicted octanol–water partition coefficient (Wildman–Crippen LogP) is 3.76. The number of hydrogen-bond donors (Lipinski definition) is 1. The topological polar surface area (TPSA) is 106 Å². The zero-order chi connectivity index (χ0) is 27.1. The van der Waals surface area contributed by atoms with Crippen LogP contribution in [0.1, 0.15) is 5.56 Å². The SMILES string of the molecule is Cn1cc(-c2cnc3ccc4ccc(CS(=O)(=O)NCC5N=CC=CC5C(F)(F)F)cc4c(=O)c3c2)cn1. The molecule has 38 heavy (non-hydrogen) atoms. The smallest absolute Gasteiger partial charge is 0.289 e. The highest BCUT2D eigenvalue weighted by Gasteiger charge is 2.43. The van der Waals surface area contributed by atoms with E-state index in [0.29, 0.717) is 32.8 Å². The highest BCUT2D eigenvalue weighted by Crippen LogP contribution is 2.32. The standard InChI is InChI=1S/C26H22F3N5O3S/c1-34-14-19(12-32-34)18-10-21-23(31-11-18)7-6-17-5-4-16(9-20(17)25(21)35)15-38(36,37)33-13-24-22(26(27,28)29)3-2-8-30-24/h2-12,14,22,24,33H,13,15H2,1H3. The third-order valence-electron chi connectivity index (χ3n) is 6.33. The van der Waals surface area contributed by atoms with Crippen LogP contribution in [0.25, 0.3) is 32.8 Å². The van der Waals surface area contributed by atoms with Gasteiger partial charge in [-0.1, -0.05) is 24.3 Å². The summed E-state index contributed by atoms with van der Waals surface area (Å²) in [6.45, 7) is -0.504. The van der Waals surface area contributed by atoms with Crippen LogP contribution >= 0.6 is 0 Å². The molecule has 3 heterocycles. The number of rotatable bonds is 6. The lowest BCUT2D eigenvalue weighted by Gasteiger charge is -2.25. The molecule has 1 aliphatic heterocycles. The first-order valence-corrected chi connectivity index (χ1v) is 13.2. The second-order valence-corrected chi connectivity index (χ2v) is 10.9. The molecule has 0 fully saturated rings. The zero-order valence-electron chi connectivity index (χ0n) is 20.1. The minimum Gasteiger partial charge on any atom is -0.289 e. The van der Waals surface area contributed by atoms with Crippen molar-refractivity contribution in [3.05, 3.63) is 82.9 Å². The number of sulfonamides is 1. The Labute approximate surface area is 215 Å². The van der Waals surface area contributed by atoms with Crippen LogP contribution in [-0.2, 0) is 22.8 Å². The van der Waals surface area contributed by atoms with Gasteiger partial charge in [-0.25, -0.2) is 13.1 Å². The number of benzene rings is 1. The molecule has 2 aromatic heterocycles. The van der Waals surface area contributed by atoms with Gasteiger partial charge in [-0.15, -0.1) is 0 Å². The minimum absolute atomic E-state index is 0.303. The van der Waals surface area contributed by atoms with Gasteiger partial charge in [0.15, 0.2) is 5.43 Å². The first kappa shape index (κ1) is 25.7. The Bertz CT molecular complexity index is 1760. The Kier molecular flexibility index (Phi) is 6.61. The van der Waals surface area contributed by atoms with Crippen LogP contribution in [0.15, 0.2) is 76.9 Å². The molecule has 5 rings (SSSR count). The zero-order valence-corrected chi connectivity index (χ0v) is 20.9. The van der Waals surface area contributed by atoms with Gasteiger partial charge in [0.2, 0.25) is 10.0 Å². The fraction of sp³-hybridized carbons (Fsp3) is 0.231. The molecule has 0 saturated heterocycles. The summed E-state index contributed by atoms with van der Waals surface area (Å²) in [5.74, 6) is -2.39. The van der Waals surface area contributed by atoms with Gasteiger partial charge >= 0.3 is 6.18 Å². The Morgan fingerprint density at radius 3 is 2.58 bits per heavy atom. The summed E-state index contributed by atoms with van der Waals surface area (Å²) in [5, 5.41) is 5.41. The lowest BCUT2D eigenvalue weighted by atomic mass is 9.97. The number of aromatic nitrogens is 3. The van der Waals surface area contributed by atoms with Gasteiger partial charge < -0.3 is 0 Å². The van der Waals surface area contributed by atoms with Crippen LogP contribution < -0.4 is 10.2 Å². The number of pyridine rings is 1. The minimum atomic E-state index is -4.54. The van der Waals surface area contributed by atoms with Gasteiger partial charge in [-0.05, 0) is 35.2 Å². The fourth-order valence-corrected chi connectivity index (χ4v) is 5.55. The van der Waals surface area contributed by atoms with Crippen molar-refractivity contribution < 1.29 is 21.6 Å². The molecule has 8 nitrogen and oxygen atoms in total. The first-order chi connectivity index (χ1) is 18.0. The third-order valence-corrected chi connectivity index (χ3v) is 7.65. The van der Waals surface area contributed by atoms with E-state index in [-0.39, 0.29) is 5.43 Å². The molecule has 4 aromatic rings. The van der Waals surface area contributed by atoms with Gasteiger partial charge in [0.05, 0.1) is 29.4 Å². The van der Waals surface area contributed by atoms with Crippen LogP contribution in [0.3, 0.4) is 0 Å². The second-order valence-electron chi connectivity index (χ2n) is 9.07. The van der Waals surface area contributed by atoms with Crippen molar-refractivity contribution in [2.24, 2.45) is 18.0 Å². The molecule has 0 bridgehead atoms.